The zero-order valence-electron chi connectivity index (χ0n) is 10.2. The van der Waals surface area contributed by atoms with Crippen molar-refractivity contribution >= 4 is 11.6 Å². The number of methoxy groups -OCH3 is 1. The van der Waals surface area contributed by atoms with E-state index in [4.69, 9.17) is 16.3 Å². The molecule has 1 N–H and O–H groups in total. The highest BCUT2D eigenvalue weighted by Gasteiger charge is 2.10. The molecule has 90 valence electrons. The molecular weight excluding hydrogens is 222 g/mol. The molecule has 0 radical (unpaired) electrons. The summed E-state index contributed by atoms with van der Waals surface area (Å²) in [6.07, 6.45) is 2.20. The molecule has 0 aliphatic carbocycles. The maximum absolute atomic E-state index is 6.11. The monoisotopic (exact) mass is 241 g/mol. The standard InChI is InChI=1S/C13H20ClNO/c1-4-8-15-12(5-2)10-6-7-13(16-3)11(14)9-10/h6-7,9,12,15H,4-5,8H2,1-3H3. The van der Waals surface area contributed by atoms with Crippen LogP contribution in [-0.4, -0.2) is 13.7 Å². The van der Waals surface area contributed by atoms with Crippen LogP contribution in [-0.2, 0) is 0 Å². The molecule has 0 saturated carbocycles. The molecule has 0 aliphatic rings. The second kappa shape index (κ2) is 6.77. The Labute approximate surface area is 103 Å². The first-order chi connectivity index (χ1) is 7.72. The average Bonchev–Trinajstić information content (AvgIpc) is 2.30. The quantitative estimate of drug-likeness (QED) is 0.818. The number of hydrogen-bond acceptors (Lipinski definition) is 2. The molecule has 3 heteroatoms. The van der Waals surface area contributed by atoms with Crippen molar-refractivity contribution in [3.05, 3.63) is 28.8 Å². The Morgan fingerprint density at radius 2 is 2.12 bits per heavy atom. The number of hydrogen-bond donors (Lipinski definition) is 1. The third-order valence-corrected chi connectivity index (χ3v) is 2.92. The van der Waals surface area contributed by atoms with Crippen molar-refractivity contribution in [2.45, 2.75) is 32.7 Å². The third kappa shape index (κ3) is 3.39. The second-order valence-electron chi connectivity index (χ2n) is 3.81. The van der Waals surface area contributed by atoms with Gasteiger partial charge in [0.15, 0.2) is 0 Å². The Bertz CT molecular complexity index is 328. The summed E-state index contributed by atoms with van der Waals surface area (Å²) in [5.41, 5.74) is 1.22. The Morgan fingerprint density at radius 1 is 1.38 bits per heavy atom. The highest BCUT2D eigenvalue weighted by Crippen LogP contribution is 2.28. The lowest BCUT2D eigenvalue weighted by Gasteiger charge is -2.17. The molecule has 0 saturated heterocycles. The van der Waals surface area contributed by atoms with Gasteiger partial charge in [-0.25, -0.2) is 0 Å². The van der Waals surface area contributed by atoms with Gasteiger partial charge in [0.1, 0.15) is 5.75 Å². The van der Waals surface area contributed by atoms with Gasteiger partial charge in [-0.2, -0.15) is 0 Å². The summed E-state index contributed by atoms with van der Waals surface area (Å²) in [5, 5.41) is 4.18. The van der Waals surface area contributed by atoms with E-state index in [0.717, 1.165) is 25.1 Å². The van der Waals surface area contributed by atoms with Crippen molar-refractivity contribution in [2.24, 2.45) is 0 Å². The van der Waals surface area contributed by atoms with Gasteiger partial charge in [-0.05, 0) is 37.1 Å². The Morgan fingerprint density at radius 3 is 2.62 bits per heavy atom. The SMILES string of the molecule is CCCNC(CC)c1ccc(OC)c(Cl)c1. The molecule has 0 spiro atoms. The summed E-state index contributed by atoms with van der Waals surface area (Å²) < 4.78 is 5.14. The summed E-state index contributed by atoms with van der Waals surface area (Å²) in [6, 6.07) is 6.36. The normalized spacial score (nSPS) is 12.5. The van der Waals surface area contributed by atoms with Crippen molar-refractivity contribution in [2.75, 3.05) is 13.7 Å². The maximum atomic E-state index is 6.11. The van der Waals surface area contributed by atoms with Gasteiger partial charge in [0.2, 0.25) is 0 Å². The summed E-state index contributed by atoms with van der Waals surface area (Å²) in [6.45, 7) is 5.37. The van der Waals surface area contributed by atoms with E-state index in [0.29, 0.717) is 11.1 Å². The van der Waals surface area contributed by atoms with Gasteiger partial charge >= 0.3 is 0 Å². The van der Waals surface area contributed by atoms with Crippen LogP contribution in [0.25, 0.3) is 0 Å². The van der Waals surface area contributed by atoms with Gasteiger partial charge in [-0.15, -0.1) is 0 Å². The fourth-order valence-corrected chi connectivity index (χ4v) is 1.98. The van der Waals surface area contributed by atoms with Gasteiger partial charge in [0.05, 0.1) is 12.1 Å². The largest absolute Gasteiger partial charge is 0.495 e. The molecule has 0 aromatic heterocycles. The molecular formula is C13H20ClNO. The molecule has 1 aromatic carbocycles. The summed E-state index contributed by atoms with van der Waals surface area (Å²) >= 11 is 6.11. The number of rotatable bonds is 6. The first kappa shape index (κ1) is 13.3. The van der Waals surface area contributed by atoms with Crippen LogP contribution in [0.15, 0.2) is 18.2 Å². The zero-order chi connectivity index (χ0) is 12.0. The van der Waals surface area contributed by atoms with Crippen LogP contribution in [0.4, 0.5) is 0 Å². The van der Waals surface area contributed by atoms with E-state index in [2.05, 4.69) is 25.2 Å². The molecule has 0 fully saturated rings. The van der Waals surface area contributed by atoms with Gasteiger partial charge < -0.3 is 10.1 Å². The van der Waals surface area contributed by atoms with Gasteiger partial charge in [0.25, 0.3) is 0 Å². The molecule has 0 amide bonds. The van der Waals surface area contributed by atoms with Gasteiger partial charge in [-0.3, -0.25) is 0 Å². The van der Waals surface area contributed by atoms with E-state index < -0.39 is 0 Å². The summed E-state index contributed by atoms with van der Waals surface area (Å²) in [7, 11) is 1.63. The molecule has 0 bridgehead atoms. The van der Waals surface area contributed by atoms with Crippen LogP contribution >= 0.6 is 11.6 Å². The first-order valence-corrected chi connectivity index (χ1v) is 6.17. The number of nitrogens with one attached hydrogen (secondary N) is 1. The van der Waals surface area contributed by atoms with Crippen LogP contribution < -0.4 is 10.1 Å². The van der Waals surface area contributed by atoms with E-state index in [-0.39, 0.29) is 0 Å². The smallest absolute Gasteiger partial charge is 0.137 e. The van der Waals surface area contributed by atoms with E-state index in [9.17, 15) is 0 Å². The van der Waals surface area contributed by atoms with E-state index in [1.807, 2.05) is 12.1 Å². The fourth-order valence-electron chi connectivity index (χ4n) is 1.72. The molecule has 2 nitrogen and oxygen atoms in total. The predicted octanol–water partition coefficient (Wildman–Crippen LogP) is 3.80. The first-order valence-electron chi connectivity index (χ1n) is 5.79. The van der Waals surface area contributed by atoms with Crippen LogP contribution in [0.1, 0.15) is 38.3 Å². The molecule has 1 unspecified atom stereocenters. The van der Waals surface area contributed by atoms with Crippen molar-refractivity contribution in [3.63, 3.8) is 0 Å². The van der Waals surface area contributed by atoms with Crippen molar-refractivity contribution in [1.82, 2.24) is 5.32 Å². The van der Waals surface area contributed by atoms with Crippen molar-refractivity contribution in [1.29, 1.82) is 0 Å². The van der Waals surface area contributed by atoms with Crippen LogP contribution in [0.2, 0.25) is 5.02 Å². The molecule has 0 aliphatic heterocycles. The number of halogens is 1. The fraction of sp³-hybridized carbons (Fsp3) is 0.538. The maximum Gasteiger partial charge on any atom is 0.137 e. The zero-order valence-corrected chi connectivity index (χ0v) is 11.0. The molecule has 1 rings (SSSR count). The minimum atomic E-state index is 0.378. The Hall–Kier alpha value is -0.730. The third-order valence-electron chi connectivity index (χ3n) is 2.63. The minimum Gasteiger partial charge on any atom is -0.495 e. The molecule has 16 heavy (non-hydrogen) atoms. The topological polar surface area (TPSA) is 21.3 Å². The lowest BCUT2D eigenvalue weighted by atomic mass is 10.0. The number of benzene rings is 1. The average molecular weight is 242 g/mol. The van der Waals surface area contributed by atoms with Crippen LogP contribution in [0.3, 0.4) is 0 Å². The van der Waals surface area contributed by atoms with Crippen LogP contribution in [0, 0.1) is 0 Å². The number of ether oxygens (including phenoxy) is 1. The summed E-state index contributed by atoms with van der Waals surface area (Å²) in [4.78, 5) is 0. The molecule has 1 aromatic rings. The van der Waals surface area contributed by atoms with Gasteiger partial charge in [-0.1, -0.05) is 31.5 Å². The van der Waals surface area contributed by atoms with Gasteiger partial charge in [0, 0.05) is 6.04 Å². The van der Waals surface area contributed by atoms with Crippen LogP contribution in [0.5, 0.6) is 5.75 Å². The Balaban J connectivity index is 2.80. The van der Waals surface area contributed by atoms with E-state index in [1.165, 1.54) is 5.56 Å². The van der Waals surface area contributed by atoms with Crippen molar-refractivity contribution in [3.8, 4) is 5.75 Å². The highest BCUT2D eigenvalue weighted by atomic mass is 35.5. The lowest BCUT2D eigenvalue weighted by molar-refractivity contribution is 0.414. The second-order valence-corrected chi connectivity index (χ2v) is 4.22. The predicted molar refractivity (Wildman–Crippen MR) is 69.3 cm³/mol. The minimum absolute atomic E-state index is 0.378. The summed E-state index contributed by atoms with van der Waals surface area (Å²) in [5.74, 6) is 0.732. The molecule has 0 heterocycles. The lowest BCUT2D eigenvalue weighted by Crippen LogP contribution is -2.21. The van der Waals surface area contributed by atoms with E-state index in [1.54, 1.807) is 7.11 Å². The van der Waals surface area contributed by atoms with E-state index >= 15 is 0 Å². The highest BCUT2D eigenvalue weighted by molar-refractivity contribution is 6.32. The molecule has 1 atom stereocenters. The van der Waals surface area contributed by atoms with Crippen molar-refractivity contribution < 1.29 is 4.74 Å². The Kier molecular flexibility index (Phi) is 5.64.